The molecule has 0 aromatic carbocycles. The first-order chi connectivity index (χ1) is 28.9. The van der Waals surface area contributed by atoms with E-state index in [2.05, 4.69) is 33.8 Å². The largest absolute Gasteiger partial charge is 0.394 e. The standard InChI is InChI=1S/C45H72O16/c1-19-9-14-45(54-18-19)20(2)30-28(61-45)16-27-25-8-7-23-15-24(10-12-43(23,5)26(25)11-13-44(27,30)6)57-42-39(60-41-36(52)34(50)32(48)22(4)56-41)37(53)38(29(17-46)58-42)59-40-35(51)33(49)31(47)21(3)55-40/h7,19-22,24-42,46-53H,8-18H2,1-6H3/t19?,20?,21?,22?,24?,25-,26+,27+,28-,29?,30-,31?,32?,33?,34?,35?,36?,37?,38?,39?,40+,41+,42+,43-,44-,45-/m1/s1. The van der Waals surface area contributed by atoms with Gasteiger partial charge in [0.25, 0.3) is 0 Å². The minimum absolute atomic E-state index is 0.0171. The predicted molar refractivity (Wildman–Crippen MR) is 213 cm³/mol. The molecule has 5 saturated heterocycles. The van der Waals surface area contributed by atoms with E-state index in [0.717, 1.165) is 45.1 Å². The van der Waals surface area contributed by atoms with E-state index in [-0.39, 0.29) is 23.0 Å². The molecule has 16 heteroatoms. The molecule has 26 atom stereocenters. The van der Waals surface area contributed by atoms with Gasteiger partial charge in [-0.05, 0) is 106 Å². The third kappa shape index (κ3) is 7.42. The summed E-state index contributed by atoms with van der Waals surface area (Å²) in [6.45, 7) is 12.7. The van der Waals surface area contributed by atoms with Crippen molar-refractivity contribution in [2.75, 3.05) is 13.2 Å². The Morgan fingerprint density at radius 3 is 1.97 bits per heavy atom. The van der Waals surface area contributed by atoms with Crippen LogP contribution < -0.4 is 0 Å². The highest BCUT2D eigenvalue weighted by Gasteiger charge is 2.69. The van der Waals surface area contributed by atoms with Crippen molar-refractivity contribution in [1.29, 1.82) is 0 Å². The van der Waals surface area contributed by atoms with Crippen LogP contribution in [0.25, 0.3) is 0 Å². The van der Waals surface area contributed by atoms with Gasteiger partial charge in [0.1, 0.15) is 61.0 Å². The van der Waals surface area contributed by atoms with E-state index >= 15 is 0 Å². The van der Waals surface area contributed by atoms with Crippen LogP contribution >= 0.6 is 0 Å². The number of hydrogen-bond acceptors (Lipinski definition) is 16. The number of rotatable bonds is 7. The molecule has 0 aromatic heterocycles. The zero-order chi connectivity index (χ0) is 43.5. The molecule has 0 aromatic rings. The summed E-state index contributed by atoms with van der Waals surface area (Å²) in [4.78, 5) is 0. The lowest BCUT2D eigenvalue weighted by Crippen LogP contribution is -2.66. The van der Waals surface area contributed by atoms with E-state index in [4.69, 9.17) is 37.9 Å². The Morgan fingerprint density at radius 2 is 1.34 bits per heavy atom. The Morgan fingerprint density at radius 1 is 0.689 bits per heavy atom. The maximum atomic E-state index is 12.0. The van der Waals surface area contributed by atoms with Gasteiger partial charge in [-0.1, -0.05) is 39.3 Å². The second-order valence-corrected chi connectivity index (χ2v) is 21.1. The van der Waals surface area contributed by atoms with Gasteiger partial charge >= 0.3 is 0 Å². The van der Waals surface area contributed by atoms with Crippen LogP contribution in [0.15, 0.2) is 11.6 Å². The van der Waals surface area contributed by atoms with Gasteiger partial charge in [0.2, 0.25) is 0 Å². The fraction of sp³-hybridized carbons (Fsp3) is 0.956. The average molecular weight is 869 g/mol. The molecule has 348 valence electrons. The average Bonchev–Trinajstić information content (AvgIpc) is 3.69. The summed E-state index contributed by atoms with van der Waals surface area (Å²) in [5, 5.41) is 85.9. The first kappa shape index (κ1) is 45.3. The van der Waals surface area contributed by atoms with Crippen molar-refractivity contribution < 1.29 is 78.7 Å². The van der Waals surface area contributed by atoms with Gasteiger partial charge in [-0.2, -0.15) is 0 Å². The van der Waals surface area contributed by atoms with Crippen LogP contribution in [-0.4, -0.2) is 164 Å². The van der Waals surface area contributed by atoms with Crippen molar-refractivity contribution in [3.05, 3.63) is 11.6 Å². The molecule has 3 saturated carbocycles. The summed E-state index contributed by atoms with van der Waals surface area (Å²) in [6.07, 6.45) is -10.4. The monoisotopic (exact) mass is 868 g/mol. The molecule has 9 aliphatic rings. The smallest absolute Gasteiger partial charge is 0.187 e. The highest BCUT2D eigenvalue weighted by Crippen LogP contribution is 2.70. The van der Waals surface area contributed by atoms with E-state index in [9.17, 15) is 40.9 Å². The maximum Gasteiger partial charge on any atom is 0.187 e. The third-order valence-corrected chi connectivity index (χ3v) is 17.6. The summed E-state index contributed by atoms with van der Waals surface area (Å²) in [7, 11) is 0. The molecule has 5 aliphatic heterocycles. The Labute approximate surface area is 358 Å². The highest BCUT2D eigenvalue weighted by atomic mass is 16.8. The molecule has 0 radical (unpaired) electrons. The van der Waals surface area contributed by atoms with Crippen molar-refractivity contribution in [3.8, 4) is 0 Å². The minimum atomic E-state index is -1.71. The van der Waals surface area contributed by atoms with Crippen molar-refractivity contribution in [3.63, 3.8) is 0 Å². The van der Waals surface area contributed by atoms with Crippen LogP contribution in [-0.2, 0) is 37.9 Å². The van der Waals surface area contributed by atoms with Gasteiger partial charge in [0, 0.05) is 12.3 Å². The van der Waals surface area contributed by atoms with Gasteiger partial charge < -0.3 is 78.7 Å². The molecular formula is C45H72O16. The predicted octanol–water partition coefficient (Wildman–Crippen LogP) is 1.24. The maximum absolute atomic E-state index is 12.0. The fourth-order valence-electron chi connectivity index (χ4n) is 14.0. The van der Waals surface area contributed by atoms with Crippen molar-refractivity contribution in [1.82, 2.24) is 0 Å². The second-order valence-electron chi connectivity index (χ2n) is 21.1. The number of aliphatic hydroxyl groups excluding tert-OH is 8. The Kier molecular flexibility index (Phi) is 12.4. The van der Waals surface area contributed by atoms with Gasteiger partial charge in [-0.25, -0.2) is 0 Å². The molecule has 0 amide bonds. The van der Waals surface area contributed by atoms with E-state index in [1.807, 2.05) is 0 Å². The zero-order valence-corrected chi connectivity index (χ0v) is 36.5. The normalized spacial score (nSPS) is 58.4. The molecule has 15 unspecified atom stereocenters. The minimum Gasteiger partial charge on any atom is -0.394 e. The summed E-state index contributed by atoms with van der Waals surface area (Å²) in [6, 6.07) is 0. The number of ether oxygens (including phenoxy) is 8. The van der Waals surface area contributed by atoms with E-state index in [1.54, 1.807) is 0 Å². The molecule has 9 rings (SSSR count). The molecule has 8 N–H and O–H groups in total. The van der Waals surface area contributed by atoms with E-state index < -0.39 is 105 Å². The van der Waals surface area contributed by atoms with Crippen molar-refractivity contribution >= 4 is 0 Å². The number of fused-ring (bicyclic) bond motifs is 7. The number of allylic oxidation sites excluding steroid dienone is 1. The van der Waals surface area contributed by atoms with Crippen LogP contribution in [0.5, 0.6) is 0 Å². The molecule has 61 heavy (non-hydrogen) atoms. The zero-order valence-electron chi connectivity index (χ0n) is 36.5. The molecule has 4 aliphatic carbocycles. The summed E-state index contributed by atoms with van der Waals surface area (Å²) in [5.74, 6) is 2.64. The molecule has 16 nitrogen and oxygen atoms in total. The lowest BCUT2D eigenvalue weighted by atomic mass is 9.47. The summed E-state index contributed by atoms with van der Waals surface area (Å²) >= 11 is 0. The first-order valence-corrected chi connectivity index (χ1v) is 23.2. The SMILES string of the molecule is CC1CC[C@@]2(OC1)O[C@@H]1C[C@H]3[C@@H]4CC=C5CC(O[C@H]6OC(CO)C(O[C@@H]7OC(C)C(O)C(O)C7O)C(O)C6O[C@@H]6OC(C)C(O)C(O)C6O)CC[C@@]5(C)[C@H]4CC[C@@]3(C)[C@@H]1C2C. The van der Waals surface area contributed by atoms with Gasteiger partial charge in [0.05, 0.1) is 37.6 Å². The Hall–Kier alpha value is -0.900. The fourth-order valence-corrected chi connectivity index (χ4v) is 14.0. The van der Waals surface area contributed by atoms with Crippen LogP contribution in [0.3, 0.4) is 0 Å². The highest BCUT2D eigenvalue weighted by molar-refractivity contribution is 5.26. The lowest BCUT2D eigenvalue weighted by molar-refractivity contribution is -0.388. The topological polar surface area (TPSA) is 236 Å². The van der Waals surface area contributed by atoms with Crippen LogP contribution in [0.2, 0.25) is 0 Å². The van der Waals surface area contributed by atoms with E-state index in [1.165, 1.54) is 25.8 Å². The quantitative estimate of drug-likeness (QED) is 0.168. The number of hydrogen-bond donors (Lipinski definition) is 8. The van der Waals surface area contributed by atoms with Gasteiger partial charge in [-0.3, -0.25) is 0 Å². The Bertz CT molecular complexity index is 1590. The molecule has 8 fully saturated rings. The lowest BCUT2D eigenvalue weighted by Gasteiger charge is -2.58. The summed E-state index contributed by atoms with van der Waals surface area (Å²) in [5.41, 5.74) is 1.53. The second kappa shape index (κ2) is 16.8. The molecule has 0 bridgehead atoms. The summed E-state index contributed by atoms with van der Waals surface area (Å²) < 4.78 is 50.1. The van der Waals surface area contributed by atoms with Crippen molar-refractivity contribution in [2.45, 2.75) is 209 Å². The van der Waals surface area contributed by atoms with Crippen LogP contribution in [0, 0.1) is 46.3 Å². The van der Waals surface area contributed by atoms with Crippen LogP contribution in [0.1, 0.15) is 99.3 Å². The van der Waals surface area contributed by atoms with Crippen LogP contribution in [0.4, 0.5) is 0 Å². The molecule has 5 heterocycles. The van der Waals surface area contributed by atoms with Crippen molar-refractivity contribution in [2.24, 2.45) is 46.3 Å². The number of aliphatic hydroxyl groups is 8. The molecule has 1 spiro atoms. The third-order valence-electron chi connectivity index (χ3n) is 17.6. The molecular weight excluding hydrogens is 796 g/mol. The Balaban J connectivity index is 0.916. The van der Waals surface area contributed by atoms with Gasteiger partial charge in [0.15, 0.2) is 24.7 Å². The van der Waals surface area contributed by atoms with Gasteiger partial charge in [-0.15, -0.1) is 0 Å². The van der Waals surface area contributed by atoms with E-state index in [0.29, 0.717) is 48.3 Å². The first-order valence-electron chi connectivity index (χ1n) is 23.2.